The average Bonchev–Trinajstić information content (AvgIpc) is 2.73. The monoisotopic (exact) mass is 521 g/mol. The van der Waals surface area contributed by atoms with E-state index in [2.05, 4.69) is 10.3 Å². The molecular formula is C23H21Cl2N3O5S. The van der Waals surface area contributed by atoms with Gasteiger partial charge in [0.05, 0.1) is 26.2 Å². The first kappa shape index (κ1) is 25.5. The molecule has 1 heterocycles. The van der Waals surface area contributed by atoms with Crippen molar-refractivity contribution < 1.29 is 22.7 Å². The van der Waals surface area contributed by atoms with Crippen LogP contribution in [0.5, 0.6) is 0 Å². The van der Waals surface area contributed by atoms with Crippen LogP contribution in [0.1, 0.15) is 31.1 Å². The highest BCUT2D eigenvalue weighted by Crippen LogP contribution is 2.30. The van der Waals surface area contributed by atoms with E-state index in [1.54, 1.807) is 62.0 Å². The lowest BCUT2D eigenvalue weighted by Crippen LogP contribution is -2.36. The van der Waals surface area contributed by atoms with Crippen LogP contribution in [0.15, 0.2) is 65.7 Å². The first-order valence-electron chi connectivity index (χ1n) is 9.93. The Balaban J connectivity index is 1.79. The smallest absolute Gasteiger partial charge is 0.421 e. The van der Waals surface area contributed by atoms with Gasteiger partial charge < -0.3 is 10.1 Å². The number of ether oxygens (including phenoxy) is 1. The lowest BCUT2D eigenvalue weighted by Gasteiger charge is -2.19. The van der Waals surface area contributed by atoms with Gasteiger partial charge in [0.2, 0.25) is 0 Å². The van der Waals surface area contributed by atoms with Crippen LogP contribution in [0.3, 0.4) is 0 Å². The lowest BCUT2D eigenvalue weighted by atomic mass is 10.1. The Hall–Kier alpha value is -3.14. The van der Waals surface area contributed by atoms with Gasteiger partial charge >= 0.3 is 6.09 Å². The molecule has 8 nitrogen and oxygen atoms in total. The summed E-state index contributed by atoms with van der Waals surface area (Å²) in [6, 6.07) is 13.8. The molecule has 0 aliphatic rings. The van der Waals surface area contributed by atoms with Crippen LogP contribution >= 0.6 is 23.2 Å². The van der Waals surface area contributed by atoms with Crippen LogP contribution in [0.25, 0.3) is 11.3 Å². The van der Waals surface area contributed by atoms with Gasteiger partial charge in [-0.15, -0.1) is 0 Å². The van der Waals surface area contributed by atoms with Crippen molar-refractivity contribution >= 4 is 50.9 Å². The van der Waals surface area contributed by atoms with E-state index in [4.69, 9.17) is 27.9 Å². The summed E-state index contributed by atoms with van der Waals surface area (Å²) in [7, 11) is -4.26. The van der Waals surface area contributed by atoms with Gasteiger partial charge in [0.25, 0.3) is 15.9 Å². The molecule has 3 aromatic rings. The third-order valence-electron chi connectivity index (χ3n) is 4.28. The Morgan fingerprint density at radius 2 is 1.71 bits per heavy atom. The molecule has 3 rings (SSSR count). The molecule has 2 aromatic carbocycles. The molecular weight excluding hydrogens is 501 g/mol. The summed E-state index contributed by atoms with van der Waals surface area (Å²) in [5, 5.41) is 3.04. The van der Waals surface area contributed by atoms with Gasteiger partial charge in [-0.3, -0.25) is 9.78 Å². The predicted molar refractivity (Wildman–Crippen MR) is 131 cm³/mol. The highest BCUT2D eigenvalue weighted by molar-refractivity contribution is 7.90. The number of anilines is 1. The van der Waals surface area contributed by atoms with Gasteiger partial charge in [-0.2, -0.15) is 0 Å². The van der Waals surface area contributed by atoms with Crippen LogP contribution in [0, 0.1) is 0 Å². The van der Waals surface area contributed by atoms with E-state index in [9.17, 15) is 18.0 Å². The Morgan fingerprint density at radius 3 is 2.32 bits per heavy atom. The summed E-state index contributed by atoms with van der Waals surface area (Å²) in [5.41, 5.74) is 0.855. The second-order valence-corrected chi connectivity index (χ2v) is 10.6. The second kappa shape index (κ2) is 10.0. The number of carbonyl (C=O) groups is 2. The molecule has 0 aliphatic heterocycles. The van der Waals surface area contributed by atoms with Gasteiger partial charge in [-0.05, 0) is 69.3 Å². The van der Waals surface area contributed by atoms with E-state index in [1.165, 1.54) is 6.07 Å². The average molecular weight is 522 g/mol. The number of hydrogen-bond donors (Lipinski definition) is 2. The van der Waals surface area contributed by atoms with Crippen molar-refractivity contribution in [3.05, 3.63) is 76.4 Å². The van der Waals surface area contributed by atoms with Crippen LogP contribution in [0.4, 0.5) is 10.5 Å². The molecule has 0 saturated heterocycles. The molecule has 34 heavy (non-hydrogen) atoms. The van der Waals surface area contributed by atoms with Crippen molar-refractivity contribution in [1.82, 2.24) is 9.71 Å². The Kier molecular flexibility index (Phi) is 7.50. The predicted octanol–water partition coefficient (Wildman–Crippen LogP) is 5.52. The minimum atomic E-state index is -4.26. The molecule has 2 amide bonds. The fourth-order valence-electron chi connectivity index (χ4n) is 2.83. The number of amides is 2. The van der Waals surface area contributed by atoms with Crippen LogP contribution in [-0.4, -0.2) is 31.0 Å². The fraction of sp³-hybridized carbons (Fsp3) is 0.174. The van der Waals surface area contributed by atoms with Crippen molar-refractivity contribution in [2.75, 3.05) is 5.32 Å². The molecule has 1 aromatic heterocycles. The molecule has 0 saturated carbocycles. The molecule has 11 heteroatoms. The summed E-state index contributed by atoms with van der Waals surface area (Å²) in [4.78, 5) is 28.6. The first-order valence-corrected chi connectivity index (χ1v) is 12.2. The summed E-state index contributed by atoms with van der Waals surface area (Å²) >= 11 is 12.5. The summed E-state index contributed by atoms with van der Waals surface area (Å²) in [6.07, 6.45) is 0.501. The molecule has 2 N–H and O–H groups in total. The van der Waals surface area contributed by atoms with E-state index in [-0.39, 0.29) is 15.5 Å². The highest BCUT2D eigenvalue weighted by Gasteiger charge is 2.24. The Morgan fingerprint density at radius 1 is 0.971 bits per heavy atom. The van der Waals surface area contributed by atoms with Gasteiger partial charge in [0.15, 0.2) is 0 Å². The lowest BCUT2D eigenvalue weighted by molar-refractivity contribution is 0.0570. The number of pyridine rings is 1. The van der Waals surface area contributed by atoms with E-state index in [0.717, 1.165) is 12.1 Å². The van der Waals surface area contributed by atoms with E-state index < -0.39 is 27.6 Å². The SMILES string of the molecule is CC(C)(C)OC(=O)NS(=O)(=O)c1ccc(C(=O)Nc2ccc(Cl)c(-c3ccccn3)c2)c(Cl)c1. The highest BCUT2D eigenvalue weighted by atomic mass is 35.5. The number of hydrogen-bond acceptors (Lipinski definition) is 6. The molecule has 0 bridgehead atoms. The summed E-state index contributed by atoms with van der Waals surface area (Å²) in [6.45, 7) is 4.80. The number of aromatic nitrogens is 1. The Labute approximate surface area is 207 Å². The quantitative estimate of drug-likeness (QED) is 0.456. The molecule has 0 fully saturated rings. The molecule has 0 unspecified atom stereocenters. The van der Waals surface area contributed by atoms with Crippen molar-refractivity contribution in [3.63, 3.8) is 0 Å². The largest absolute Gasteiger partial charge is 0.443 e. The van der Waals surface area contributed by atoms with Crippen molar-refractivity contribution in [1.29, 1.82) is 0 Å². The zero-order chi connectivity index (χ0) is 25.1. The maximum Gasteiger partial charge on any atom is 0.421 e. The van der Waals surface area contributed by atoms with Crippen molar-refractivity contribution in [2.45, 2.75) is 31.3 Å². The number of sulfonamides is 1. The van der Waals surface area contributed by atoms with E-state index >= 15 is 0 Å². The fourth-order valence-corrected chi connectivity index (χ4v) is 4.28. The van der Waals surface area contributed by atoms with Crippen LogP contribution < -0.4 is 10.0 Å². The van der Waals surface area contributed by atoms with E-state index in [0.29, 0.717) is 22.0 Å². The zero-order valence-corrected chi connectivity index (χ0v) is 20.8. The zero-order valence-electron chi connectivity index (χ0n) is 18.4. The van der Waals surface area contributed by atoms with Gasteiger partial charge in [-0.25, -0.2) is 17.9 Å². The number of nitrogens with one attached hydrogen (secondary N) is 2. The number of halogens is 2. The standard InChI is InChI=1S/C23H21Cl2N3O5S/c1-23(2,3)33-22(30)28-34(31,32)15-8-9-16(19(25)13-15)21(29)27-14-7-10-18(24)17(12-14)20-6-4-5-11-26-20/h4-13H,1-3H3,(H,27,29)(H,28,30). The summed E-state index contributed by atoms with van der Waals surface area (Å²) in [5.74, 6) is -0.566. The number of nitrogens with zero attached hydrogens (tertiary/aromatic N) is 1. The number of rotatable bonds is 5. The molecule has 0 aliphatic carbocycles. The van der Waals surface area contributed by atoms with Crippen LogP contribution in [-0.2, 0) is 14.8 Å². The normalized spacial score (nSPS) is 11.6. The molecule has 0 spiro atoms. The van der Waals surface area contributed by atoms with E-state index in [1.807, 2.05) is 6.07 Å². The maximum absolute atomic E-state index is 12.8. The van der Waals surface area contributed by atoms with Gasteiger partial charge in [0, 0.05) is 17.4 Å². The first-order chi connectivity index (χ1) is 15.9. The topological polar surface area (TPSA) is 114 Å². The maximum atomic E-state index is 12.8. The minimum Gasteiger partial charge on any atom is -0.443 e. The molecule has 0 atom stereocenters. The number of carbonyl (C=O) groups excluding carboxylic acids is 2. The third-order valence-corrected chi connectivity index (χ3v) is 6.23. The number of benzene rings is 2. The minimum absolute atomic E-state index is 0.0345. The van der Waals surface area contributed by atoms with Gasteiger partial charge in [-0.1, -0.05) is 29.3 Å². The van der Waals surface area contributed by atoms with Crippen molar-refractivity contribution in [3.8, 4) is 11.3 Å². The van der Waals surface area contributed by atoms with Crippen LogP contribution in [0.2, 0.25) is 10.0 Å². The third kappa shape index (κ3) is 6.47. The Bertz CT molecular complexity index is 1340. The molecule has 178 valence electrons. The molecule has 0 radical (unpaired) electrons. The van der Waals surface area contributed by atoms with Gasteiger partial charge in [0.1, 0.15) is 5.60 Å². The van der Waals surface area contributed by atoms with Crippen molar-refractivity contribution in [2.24, 2.45) is 0 Å². The summed E-state index contributed by atoms with van der Waals surface area (Å²) < 4.78 is 31.7. The second-order valence-electron chi connectivity index (χ2n) is 8.11.